The monoisotopic (exact) mass is 496 g/mol. The van der Waals surface area contributed by atoms with Crippen molar-refractivity contribution in [3.8, 4) is 17.2 Å². The van der Waals surface area contributed by atoms with Crippen molar-refractivity contribution < 1.29 is 23.8 Å². The van der Waals surface area contributed by atoms with Gasteiger partial charge in [-0.2, -0.15) is 5.10 Å². The number of halogens is 1. The molecule has 0 aromatic heterocycles. The van der Waals surface area contributed by atoms with Gasteiger partial charge in [0.15, 0.2) is 0 Å². The first-order valence-corrected chi connectivity index (χ1v) is 10.3. The number of hydrazone groups is 1. The molecule has 0 saturated carbocycles. The summed E-state index contributed by atoms with van der Waals surface area (Å²) < 4.78 is 16.6. The van der Waals surface area contributed by atoms with Gasteiger partial charge in [0.05, 0.1) is 31.6 Å². The summed E-state index contributed by atoms with van der Waals surface area (Å²) in [5.74, 6) is 0.427. The van der Waals surface area contributed by atoms with Crippen LogP contribution in [0, 0.1) is 6.92 Å². The van der Waals surface area contributed by atoms with E-state index in [1.54, 1.807) is 61.7 Å². The minimum Gasteiger partial charge on any atom is -0.497 e. The van der Waals surface area contributed by atoms with E-state index in [-0.39, 0.29) is 0 Å². The van der Waals surface area contributed by atoms with Crippen LogP contribution in [0.4, 0.5) is 0 Å². The molecule has 0 aliphatic rings. The Balaban J connectivity index is 1.75. The fraction of sp³-hybridized carbons (Fsp3) is 0.125. The number of carbonyl (C=O) groups is 2. The molecule has 0 bridgehead atoms. The van der Waals surface area contributed by atoms with Crippen LogP contribution in [0.25, 0.3) is 0 Å². The maximum atomic E-state index is 12.5. The number of carbonyl (C=O) groups excluding carboxylic acids is 2. The Morgan fingerprint density at radius 3 is 2.38 bits per heavy atom. The summed E-state index contributed by atoms with van der Waals surface area (Å²) in [5, 5.41) is 4.01. The number of aryl methyl sites for hydroxylation is 1. The number of amides is 1. The Bertz CT molecular complexity index is 1160. The number of methoxy groups -OCH3 is 2. The zero-order valence-electron chi connectivity index (χ0n) is 17.7. The molecule has 1 amide bonds. The van der Waals surface area contributed by atoms with Crippen molar-refractivity contribution in [2.24, 2.45) is 5.10 Å². The topological polar surface area (TPSA) is 86.2 Å². The summed E-state index contributed by atoms with van der Waals surface area (Å²) in [6.45, 7) is 1.91. The highest BCUT2D eigenvalue weighted by Gasteiger charge is 2.13. The number of nitrogens with one attached hydrogen (secondary N) is 1. The van der Waals surface area contributed by atoms with Crippen LogP contribution in [0.15, 0.2) is 70.2 Å². The summed E-state index contributed by atoms with van der Waals surface area (Å²) in [6.07, 6.45) is 1.40. The number of ether oxygens (including phenoxy) is 3. The quantitative estimate of drug-likeness (QED) is 0.220. The molecular weight excluding hydrogens is 476 g/mol. The SMILES string of the molecule is COc1ccc(C(=O)Oc2ccc(Br)cc2/C=N\NC(=O)c2ccc(C)cc2OC)cc1. The van der Waals surface area contributed by atoms with E-state index in [0.29, 0.717) is 33.9 Å². The first-order valence-electron chi connectivity index (χ1n) is 9.55. The lowest BCUT2D eigenvalue weighted by Gasteiger charge is -2.09. The van der Waals surface area contributed by atoms with E-state index in [1.165, 1.54) is 13.3 Å². The van der Waals surface area contributed by atoms with Crippen LogP contribution in [0.3, 0.4) is 0 Å². The van der Waals surface area contributed by atoms with Crippen molar-refractivity contribution in [1.29, 1.82) is 0 Å². The molecule has 32 heavy (non-hydrogen) atoms. The average Bonchev–Trinajstić information content (AvgIpc) is 2.80. The van der Waals surface area contributed by atoms with Crippen molar-refractivity contribution in [3.63, 3.8) is 0 Å². The van der Waals surface area contributed by atoms with Crippen LogP contribution in [0.1, 0.15) is 31.8 Å². The summed E-state index contributed by atoms with van der Waals surface area (Å²) in [5.41, 5.74) is 4.66. The Labute approximate surface area is 194 Å². The Kier molecular flexibility index (Phi) is 7.62. The van der Waals surface area contributed by atoms with Crippen molar-refractivity contribution in [2.75, 3.05) is 14.2 Å². The molecule has 0 saturated heterocycles. The van der Waals surface area contributed by atoms with Gasteiger partial charge < -0.3 is 14.2 Å². The van der Waals surface area contributed by atoms with Crippen LogP contribution >= 0.6 is 15.9 Å². The van der Waals surface area contributed by atoms with E-state index < -0.39 is 11.9 Å². The standard InChI is InChI=1S/C24H21BrN2O5/c1-15-4-10-20(22(12-15)31-3)23(28)27-26-14-17-13-18(25)7-11-21(17)32-24(29)16-5-8-19(30-2)9-6-16/h4-14H,1-3H3,(H,27,28)/b26-14-. The van der Waals surface area contributed by atoms with Gasteiger partial charge in [-0.25, -0.2) is 10.2 Å². The second-order valence-corrected chi connectivity index (χ2v) is 7.62. The summed E-state index contributed by atoms with van der Waals surface area (Å²) in [6, 6.07) is 16.9. The Hall–Kier alpha value is -3.65. The minimum absolute atomic E-state index is 0.292. The Morgan fingerprint density at radius 2 is 1.69 bits per heavy atom. The van der Waals surface area contributed by atoms with Gasteiger partial charge in [0.25, 0.3) is 5.91 Å². The molecule has 3 aromatic rings. The highest BCUT2D eigenvalue weighted by Crippen LogP contribution is 2.24. The number of rotatable bonds is 7. The third-order valence-electron chi connectivity index (χ3n) is 4.47. The predicted molar refractivity (Wildman–Crippen MR) is 125 cm³/mol. The van der Waals surface area contributed by atoms with Gasteiger partial charge in [-0.05, 0) is 67.1 Å². The van der Waals surface area contributed by atoms with Crippen LogP contribution in [0.5, 0.6) is 17.2 Å². The van der Waals surface area contributed by atoms with Crippen LogP contribution in [-0.4, -0.2) is 32.3 Å². The smallest absolute Gasteiger partial charge is 0.343 e. The largest absolute Gasteiger partial charge is 0.497 e. The zero-order valence-corrected chi connectivity index (χ0v) is 19.3. The molecule has 0 spiro atoms. The van der Waals surface area contributed by atoms with Gasteiger partial charge in [-0.3, -0.25) is 4.79 Å². The summed E-state index contributed by atoms with van der Waals surface area (Å²) >= 11 is 3.39. The first kappa shape index (κ1) is 23.0. The lowest BCUT2D eigenvalue weighted by atomic mass is 10.1. The highest BCUT2D eigenvalue weighted by molar-refractivity contribution is 9.10. The fourth-order valence-electron chi connectivity index (χ4n) is 2.81. The van der Waals surface area contributed by atoms with Gasteiger partial charge in [-0.1, -0.05) is 22.0 Å². The zero-order chi connectivity index (χ0) is 23.1. The van der Waals surface area contributed by atoms with Crippen molar-refractivity contribution in [1.82, 2.24) is 5.43 Å². The van der Waals surface area contributed by atoms with Crippen LogP contribution < -0.4 is 19.6 Å². The second kappa shape index (κ2) is 10.6. The fourth-order valence-corrected chi connectivity index (χ4v) is 3.18. The van der Waals surface area contributed by atoms with E-state index in [1.807, 2.05) is 13.0 Å². The second-order valence-electron chi connectivity index (χ2n) is 6.70. The van der Waals surface area contributed by atoms with Crippen molar-refractivity contribution in [2.45, 2.75) is 6.92 Å². The number of benzene rings is 3. The molecule has 0 unspecified atom stereocenters. The summed E-state index contributed by atoms with van der Waals surface area (Å²) in [7, 11) is 3.05. The van der Waals surface area contributed by atoms with E-state index in [9.17, 15) is 9.59 Å². The normalized spacial score (nSPS) is 10.6. The lowest BCUT2D eigenvalue weighted by Crippen LogP contribution is -2.18. The minimum atomic E-state index is -0.530. The molecule has 8 heteroatoms. The molecule has 3 rings (SSSR count). The number of nitrogens with zero attached hydrogens (tertiary/aromatic N) is 1. The van der Waals surface area contributed by atoms with Gasteiger partial charge in [0.1, 0.15) is 17.2 Å². The van der Waals surface area contributed by atoms with Crippen molar-refractivity contribution >= 4 is 34.0 Å². The highest BCUT2D eigenvalue weighted by atomic mass is 79.9. The van der Waals surface area contributed by atoms with Gasteiger partial charge in [0.2, 0.25) is 0 Å². The maximum Gasteiger partial charge on any atom is 0.343 e. The molecular formula is C24H21BrN2O5. The molecule has 1 N–H and O–H groups in total. The first-order chi connectivity index (χ1) is 15.4. The molecule has 0 heterocycles. The van der Waals surface area contributed by atoms with Crippen LogP contribution in [0.2, 0.25) is 0 Å². The molecule has 0 radical (unpaired) electrons. The third kappa shape index (κ3) is 5.73. The Morgan fingerprint density at radius 1 is 0.938 bits per heavy atom. The molecule has 3 aromatic carbocycles. The van der Waals surface area contributed by atoms with Gasteiger partial charge in [0, 0.05) is 10.0 Å². The molecule has 0 aliphatic carbocycles. The van der Waals surface area contributed by atoms with Gasteiger partial charge in [-0.15, -0.1) is 0 Å². The molecule has 164 valence electrons. The van der Waals surface area contributed by atoms with Gasteiger partial charge >= 0.3 is 5.97 Å². The number of hydrogen-bond donors (Lipinski definition) is 1. The van der Waals surface area contributed by atoms with Crippen molar-refractivity contribution in [3.05, 3.63) is 87.4 Å². The number of hydrogen-bond acceptors (Lipinski definition) is 6. The van der Waals surface area contributed by atoms with E-state index in [0.717, 1.165) is 10.0 Å². The molecule has 0 aliphatic heterocycles. The summed E-state index contributed by atoms with van der Waals surface area (Å²) in [4.78, 5) is 25.0. The molecule has 7 nitrogen and oxygen atoms in total. The van der Waals surface area contributed by atoms with E-state index >= 15 is 0 Å². The number of esters is 1. The molecule has 0 atom stereocenters. The average molecular weight is 497 g/mol. The van der Waals surface area contributed by atoms with E-state index in [4.69, 9.17) is 14.2 Å². The predicted octanol–water partition coefficient (Wildman–Crippen LogP) is 4.76. The maximum absolute atomic E-state index is 12.5. The third-order valence-corrected chi connectivity index (χ3v) is 4.96. The van der Waals surface area contributed by atoms with Crippen LogP contribution in [-0.2, 0) is 0 Å². The lowest BCUT2D eigenvalue weighted by molar-refractivity contribution is 0.0734. The molecule has 0 fully saturated rings. The van der Waals surface area contributed by atoms with E-state index in [2.05, 4.69) is 26.5 Å².